The average molecular weight is 698 g/mol. The number of fused-ring (bicyclic) bond motifs is 7. The second kappa shape index (κ2) is 9.48. The summed E-state index contributed by atoms with van der Waals surface area (Å²) in [5, 5.41) is 12.4. The van der Waals surface area contributed by atoms with Gasteiger partial charge in [0.1, 0.15) is 16.8 Å². The molecular weight excluding hydrogens is 677 g/mol. The maximum atomic E-state index is 10.5. The Bertz CT molecular complexity index is 2180. The summed E-state index contributed by atoms with van der Waals surface area (Å²) in [6.45, 7) is 0. The summed E-state index contributed by atoms with van der Waals surface area (Å²) >= 11 is 0. The Kier molecular flexibility index (Phi) is 5.76. The molecule has 5 nitrogen and oxygen atoms in total. The monoisotopic (exact) mass is 697 g/mol. The molecule has 0 saturated carbocycles. The number of aromatic hydroxyl groups is 1. The van der Waals surface area contributed by atoms with E-state index >= 15 is 0 Å². The molecule has 4 aromatic carbocycles. The molecule has 6 heteroatoms. The van der Waals surface area contributed by atoms with Crippen LogP contribution in [-0.2, 0) is 21.1 Å². The molecule has 0 bridgehead atoms. The molecule has 8 rings (SSSR count). The Morgan fingerprint density at radius 1 is 0.625 bits per heavy atom. The molecule has 0 saturated heterocycles. The van der Waals surface area contributed by atoms with E-state index in [1.165, 1.54) is 0 Å². The number of hydrogen-bond acceptors (Lipinski definition) is 4. The van der Waals surface area contributed by atoms with Gasteiger partial charge in [-0.3, -0.25) is 4.98 Å². The Balaban J connectivity index is 0.00000264. The Morgan fingerprint density at radius 3 is 2.17 bits per heavy atom. The van der Waals surface area contributed by atoms with Crippen molar-refractivity contribution >= 4 is 44.0 Å². The minimum absolute atomic E-state index is 0. The van der Waals surface area contributed by atoms with Crippen LogP contribution in [0.25, 0.3) is 72.2 Å². The first kappa shape index (κ1) is 24.3. The minimum atomic E-state index is 0. The molecule has 0 fully saturated rings. The summed E-state index contributed by atoms with van der Waals surface area (Å²) < 4.78 is 8.53. The van der Waals surface area contributed by atoms with Crippen LogP contribution in [0.5, 0.6) is 5.75 Å². The van der Waals surface area contributed by atoms with Gasteiger partial charge >= 0.3 is 0 Å². The van der Waals surface area contributed by atoms with Crippen LogP contribution in [0.3, 0.4) is 0 Å². The van der Waals surface area contributed by atoms with Crippen molar-refractivity contribution in [3.63, 3.8) is 0 Å². The molecule has 0 aliphatic carbocycles. The number of rotatable bonds is 3. The third kappa shape index (κ3) is 3.66. The van der Waals surface area contributed by atoms with Crippen molar-refractivity contribution in [3.8, 4) is 34.0 Å². The van der Waals surface area contributed by atoms with Crippen LogP contribution >= 0.6 is 0 Å². The van der Waals surface area contributed by atoms with Crippen LogP contribution in [0.4, 0.5) is 0 Å². The van der Waals surface area contributed by atoms with E-state index in [0.29, 0.717) is 16.8 Å². The van der Waals surface area contributed by atoms with Gasteiger partial charge in [0.2, 0.25) is 0 Å². The van der Waals surface area contributed by atoms with Gasteiger partial charge in [-0.05, 0) is 60.3 Å². The molecule has 0 aliphatic rings. The average Bonchev–Trinajstić information content (AvgIpc) is 3.53. The predicted octanol–water partition coefficient (Wildman–Crippen LogP) is 8.31. The largest absolute Gasteiger partial charge is 0.507 e. The summed E-state index contributed by atoms with van der Waals surface area (Å²) in [5.74, 6) is 0.188. The Labute approximate surface area is 243 Å². The predicted molar refractivity (Wildman–Crippen MR) is 155 cm³/mol. The fourth-order valence-corrected chi connectivity index (χ4v) is 5.49. The number of aromatic nitrogens is 3. The topological polar surface area (TPSA) is 64.1 Å². The third-order valence-electron chi connectivity index (χ3n) is 7.23. The number of phenols is 1. The van der Waals surface area contributed by atoms with Gasteiger partial charge in [-0.2, -0.15) is 0 Å². The zero-order chi connectivity index (χ0) is 25.9. The molecule has 4 heterocycles. The smallest absolute Gasteiger partial charge is 0.153 e. The van der Waals surface area contributed by atoms with Crippen LogP contribution in [0, 0.1) is 6.07 Å². The summed E-state index contributed by atoms with van der Waals surface area (Å²) in [6.07, 6.45) is 0. The zero-order valence-electron chi connectivity index (χ0n) is 21.0. The van der Waals surface area contributed by atoms with Crippen molar-refractivity contribution in [1.29, 1.82) is 0 Å². The van der Waals surface area contributed by atoms with Gasteiger partial charge in [0, 0.05) is 37.7 Å². The number of pyridine rings is 2. The first-order valence-electron chi connectivity index (χ1n) is 12.7. The van der Waals surface area contributed by atoms with E-state index in [1.807, 2.05) is 78.9 Å². The molecule has 1 N–H and O–H groups in total. The molecule has 0 radical (unpaired) electrons. The summed E-state index contributed by atoms with van der Waals surface area (Å²) in [6, 6.07) is 40.8. The zero-order valence-corrected chi connectivity index (χ0v) is 23.3. The second-order valence-electron chi connectivity index (χ2n) is 9.51. The van der Waals surface area contributed by atoms with Crippen molar-refractivity contribution in [1.82, 2.24) is 14.5 Å². The second-order valence-corrected chi connectivity index (χ2v) is 9.51. The minimum Gasteiger partial charge on any atom is -0.507 e. The molecule has 0 atom stereocenters. The maximum absolute atomic E-state index is 10.5. The number of nitrogens with zero attached hydrogens (tertiary/aromatic N) is 3. The quantitative estimate of drug-likeness (QED) is 0.189. The van der Waals surface area contributed by atoms with Gasteiger partial charge in [-0.25, -0.2) is 4.98 Å². The Hall–Kier alpha value is -4.73. The van der Waals surface area contributed by atoms with E-state index in [-0.39, 0.29) is 26.8 Å². The molecule has 194 valence electrons. The van der Waals surface area contributed by atoms with Crippen LogP contribution < -0.4 is 0 Å². The van der Waals surface area contributed by atoms with Crippen molar-refractivity contribution in [2.75, 3.05) is 0 Å². The maximum Gasteiger partial charge on any atom is 0.153 e. The summed E-state index contributed by atoms with van der Waals surface area (Å²) in [5.41, 5.74) is 9.23. The fourth-order valence-electron chi connectivity index (χ4n) is 5.49. The van der Waals surface area contributed by atoms with Gasteiger partial charge in [0.25, 0.3) is 0 Å². The van der Waals surface area contributed by atoms with Gasteiger partial charge in [-0.15, -0.1) is 35.9 Å². The van der Waals surface area contributed by atoms with E-state index in [0.717, 1.165) is 55.4 Å². The van der Waals surface area contributed by atoms with Crippen LogP contribution in [-0.4, -0.2) is 19.6 Å². The molecule has 0 unspecified atom stereocenters. The van der Waals surface area contributed by atoms with Crippen LogP contribution in [0.15, 0.2) is 120 Å². The number of para-hydroxylation sites is 2. The van der Waals surface area contributed by atoms with Crippen molar-refractivity contribution in [2.24, 2.45) is 0 Å². The van der Waals surface area contributed by atoms with E-state index in [4.69, 9.17) is 14.4 Å². The molecule has 4 aromatic heterocycles. The number of furan rings is 1. The van der Waals surface area contributed by atoms with E-state index < -0.39 is 0 Å². The van der Waals surface area contributed by atoms with Crippen molar-refractivity contribution < 1.29 is 30.6 Å². The molecule has 0 spiro atoms. The summed E-state index contributed by atoms with van der Waals surface area (Å²) in [7, 11) is 0. The fraction of sp³-hybridized carbons (Fsp3) is 0. The van der Waals surface area contributed by atoms with Gasteiger partial charge in [0.05, 0.1) is 27.6 Å². The van der Waals surface area contributed by atoms with Gasteiger partial charge in [-0.1, -0.05) is 36.4 Å². The van der Waals surface area contributed by atoms with Gasteiger partial charge < -0.3 is 14.1 Å². The standard InChI is InChI=1S/C34H20N3O2.Pt/c38-28-14-8-7-13-23(28)25-16-19-30-34(36-25)32-29(39-30)20-18-26-31(32)33-27(37(26)22-11-5-2-6-12-22)17-15-24(35-33)21-9-3-1-4-10-21;/h1-9,11-20,38H;/q-1;. The van der Waals surface area contributed by atoms with E-state index in [9.17, 15) is 5.11 Å². The molecular formula is C34H20N3O2Pt-. The summed E-state index contributed by atoms with van der Waals surface area (Å²) in [4.78, 5) is 10.2. The number of benzene rings is 4. The van der Waals surface area contributed by atoms with Gasteiger partial charge in [0.15, 0.2) is 5.58 Å². The van der Waals surface area contributed by atoms with E-state index in [1.54, 1.807) is 12.1 Å². The normalized spacial score (nSPS) is 11.4. The first-order valence-corrected chi connectivity index (χ1v) is 12.7. The third-order valence-corrected chi connectivity index (χ3v) is 7.23. The SMILES string of the molecule is Oc1ccccc1-c1ccc2oc3ccc4c(c5nc(-c6[c-]cccc6)ccc5n4-c4ccccc4)c3c2n1.[Pt]. The molecule has 0 amide bonds. The molecule has 0 aliphatic heterocycles. The molecule has 40 heavy (non-hydrogen) atoms. The first-order chi connectivity index (χ1) is 19.3. The van der Waals surface area contributed by atoms with Crippen LogP contribution in [0.2, 0.25) is 0 Å². The Morgan fingerprint density at radius 2 is 1.35 bits per heavy atom. The van der Waals surface area contributed by atoms with Crippen LogP contribution in [0.1, 0.15) is 0 Å². The van der Waals surface area contributed by atoms with E-state index in [2.05, 4.69) is 34.9 Å². The molecule has 8 aromatic rings. The number of phenolic OH excluding ortho intramolecular Hbond substituents is 1. The van der Waals surface area contributed by atoms with Crippen molar-refractivity contribution in [3.05, 3.63) is 121 Å². The number of hydrogen-bond donors (Lipinski definition) is 1. The van der Waals surface area contributed by atoms with Crippen molar-refractivity contribution in [2.45, 2.75) is 0 Å².